The summed E-state index contributed by atoms with van der Waals surface area (Å²) in [4.78, 5) is 4.48. The van der Waals surface area contributed by atoms with E-state index in [1.807, 2.05) is 18.8 Å². The fourth-order valence-corrected chi connectivity index (χ4v) is 3.02. The van der Waals surface area contributed by atoms with E-state index in [1.165, 1.54) is 25.0 Å². The first-order chi connectivity index (χ1) is 7.79. The molecule has 1 saturated heterocycles. The van der Waals surface area contributed by atoms with E-state index in [4.69, 9.17) is 4.52 Å². The largest absolute Gasteiger partial charge is 0.339 e. The normalized spacial score (nSPS) is 23.2. The zero-order valence-electron chi connectivity index (χ0n) is 9.90. The first-order valence-electron chi connectivity index (χ1n) is 5.91. The Kier molecular flexibility index (Phi) is 4.23. The van der Waals surface area contributed by atoms with Crippen molar-refractivity contribution >= 4 is 11.8 Å². The predicted molar refractivity (Wildman–Crippen MR) is 65.6 cm³/mol. The van der Waals surface area contributed by atoms with Crippen LogP contribution in [0, 0.1) is 0 Å². The van der Waals surface area contributed by atoms with Crippen LogP contribution in [0.4, 0.5) is 0 Å². The number of likely N-dealkylation sites (N-methyl/N-ethyl adjacent to an activating group) is 1. The third-order valence-electron chi connectivity index (χ3n) is 2.93. The Morgan fingerprint density at radius 3 is 3.12 bits per heavy atom. The maximum Gasteiger partial charge on any atom is 0.228 e. The lowest BCUT2D eigenvalue weighted by Crippen LogP contribution is -2.23. The Balaban J connectivity index is 1.95. The van der Waals surface area contributed by atoms with Gasteiger partial charge in [-0.3, -0.25) is 0 Å². The maximum absolute atomic E-state index is 5.28. The molecule has 1 fully saturated rings. The molecule has 1 aliphatic rings. The lowest BCUT2D eigenvalue weighted by molar-refractivity contribution is 0.360. The molecule has 2 heterocycles. The molecule has 0 spiro atoms. The molecule has 1 aromatic rings. The van der Waals surface area contributed by atoms with Crippen molar-refractivity contribution in [1.82, 2.24) is 15.5 Å². The average Bonchev–Trinajstić information content (AvgIpc) is 2.78. The highest BCUT2D eigenvalue weighted by Crippen LogP contribution is 2.36. The topological polar surface area (TPSA) is 51.0 Å². The monoisotopic (exact) mass is 241 g/mol. The van der Waals surface area contributed by atoms with Crippen LogP contribution in [-0.2, 0) is 6.42 Å². The van der Waals surface area contributed by atoms with E-state index in [0.29, 0.717) is 11.3 Å². The summed E-state index contributed by atoms with van der Waals surface area (Å²) < 4.78 is 5.28. The summed E-state index contributed by atoms with van der Waals surface area (Å²) >= 11 is 1.95. The molecule has 90 valence electrons. The molecular weight excluding hydrogens is 222 g/mol. The van der Waals surface area contributed by atoms with E-state index in [0.717, 1.165) is 18.1 Å². The second-order valence-corrected chi connectivity index (χ2v) is 5.61. The number of aromatic nitrogens is 2. The number of thioether (sulfide) groups is 1. The highest BCUT2D eigenvalue weighted by atomic mass is 32.2. The molecule has 0 aromatic carbocycles. The number of nitrogens with one attached hydrogen (secondary N) is 1. The Bertz CT molecular complexity index is 323. The molecule has 1 aromatic heterocycles. The summed E-state index contributed by atoms with van der Waals surface area (Å²) in [7, 11) is 1.94. The SMILES string of the molecule is CNC(C)Cc1nc(C2CCCCS2)no1. The van der Waals surface area contributed by atoms with Crippen molar-refractivity contribution in [1.29, 1.82) is 0 Å². The van der Waals surface area contributed by atoms with Crippen molar-refractivity contribution in [3.63, 3.8) is 0 Å². The van der Waals surface area contributed by atoms with E-state index in [2.05, 4.69) is 22.4 Å². The molecule has 16 heavy (non-hydrogen) atoms. The van der Waals surface area contributed by atoms with Gasteiger partial charge in [-0.2, -0.15) is 16.7 Å². The summed E-state index contributed by atoms with van der Waals surface area (Å²) in [5, 5.41) is 7.72. The van der Waals surface area contributed by atoms with Gasteiger partial charge in [-0.05, 0) is 32.6 Å². The molecule has 0 saturated carbocycles. The fraction of sp³-hybridized carbons (Fsp3) is 0.818. The quantitative estimate of drug-likeness (QED) is 0.875. The van der Waals surface area contributed by atoms with Gasteiger partial charge < -0.3 is 9.84 Å². The molecule has 1 aliphatic heterocycles. The number of hydrogen-bond donors (Lipinski definition) is 1. The first kappa shape index (κ1) is 11.9. The van der Waals surface area contributed by atoms with Crippen LogP contribution in [-0.4, -0.2) is 29.0 Å². The van der Waals surface area contributed by atoms with Gasteiger partial charge in [-0.25, -0.2) is 0 Å². The van der Waals surface area contributed by atoms with Gasteiger partial charge in [0, 0.05) is 12.5 Å². The molecule has 1 N–H and O–H groups in total. The van der Waals surface area contributed by atoms with Crippen LogP contribution in [0.25, 0.3) is 0 Å². The van der Waals surface area contributed by atoms with Gasteiger partial charge in [-0.1, -0.05) is 11.6 Å². The molecule has 4 nitrogen and oxygen atoms in total. The van der Waals surface area contributed by atoms with Crippen molar-refractivity contribution in [2.24, 2.45) is 0 Å². The van der Waals surface area contributed by atoms with Crippen LogP contribution in [0.5, 0.6) is 0 Å². The van der Waals surface area contributed by atoms with Crippen molar-refractivity contribution < 1.29 is 4.52 Å². The van der Waals surface area contributed by atoms with E-state index < -0.39 is 0 Å². The fourth-order valence-electron chi connectivity index (χ4n) is 1.79. The molecule has 0 aliphatic carbocycles. The molecule has 0 amide bonds. The van der Waals surface area contributed by atoms with E-state index in [-0.39, 0.29) is 0 Å². The Morgan fingerprint density at radius 2 is 2.44 bits per heavy atom. The lowest BCUT2D eigenvalue weighted by atomic mass is 10.2. The molecule has 0 radical (unpaired) electrons. The molecule has 2 atom stereocenters. The molecule has 2 unspecified atom stereocenters. The zero-order valence-corrected chi connectivity index (χ0v) is 10.7. The van der Waals surface area contributed by atoms with Gasteiger partial charge in [0.25, 0.3) is 0 Å². The Hall–Kier alpha value is -0.550. The number of hydrogen-bond acceptors (Lipinski definition) is 5. The molecule has 5 heteroatoms. The number of nitrogens with zero attached hydrogens (tertiary/aromatic N) is 2. The lowest BCUT2D eigenvalue weighted by Gasteiger charge is -2.17. The van der Waals surface area contributed by atoms with Crippen LogP contribution >= 0.6 is 11.8 Å². The second kappa shape index (κ2) is 5.68. The van der Waals surface area contributed by atoms with Gasteiger partial charge in [0.2, 0.25) is 5.89 Å². The van der Waals surface area contributed by atoms with E-state index in [1.54, 1.807) is 0 Å². The first-order valence-corrected chi connectivity index (χ1v) is 6.96. The van der Waals surface area contributed by atoms with Crippen molar-refractivity contribution in [2.45, 2.75) is 43.9 Å². The highest BCUT2D eigenvalue weighted by molar-refractivity contribution is 7.99. The smallest absolute Gasteiger partial charge is 0.228 e. The Morgan fingerprint density at radius 1 is 1.56 bits per heavy atom. The van der Waals surface area contributed by atoms with Gasteiger partial charge in [0.05, 0.1) is 5.25 Å². The zero-order chi connectivity index (χ0) is 11.4. The average molecular weight is 241 g/mol. The Labute approximate surface area is 101 Å². The van der Waals surface area contributed by atoms with Crippen LogP contribution in [0.2, 0.25) is 0 Å². The van der Waals surface area contributed by atoms with Gasteiger partial charge in [0.15, 0.2) is 5.82 Å². The van der Waals surface area contributed by atoms with E-state index in [9.17, 15) is 0 Å². The summed E-state index contributed by atoms with van der Waals surface area (Å²) in [6.07, 6.45) is 4.60. The van der Waals surface area contributed by atoms with Gasteiger partial charge >= 0.3 is 0 Å². The number of rotatable bonds is 4. The second-order valence-electron chi connectivity index (χ2n) is 4.30. The minimum Gasteiger partial charge on any atom is -0.339 e. The summed E-state index contributed by atoms with van der Waals surface area (Å²) in [6, 6.07) is 0.382. The standard InChI is InChI=1S/C11H19N3OS/c1-8(12-2)7-10-13-11(14-15-10)9-5-3-4-6-16-9/h8-9,12H,3-7H2,1-2H3. The van der Waals surface area contributed by atoms with Crippen LogP contribution in [0.1, 0.15) is 43.2 Å². The molecule has 0 bridgehead atoms. The van der Waals surface area contributed by atoms with Crippen molar-refractivity contribution in [3.05, 3.63) is 11.7 Å². The van der Waals surface area contributed by atoms with E-state index >= 15 is 0 Å². The minimum absolute atomic E-state index is 0.382. The maximum atomic E-state index is 5.28. The molecule has 2 rings (SSSR count). The van der Waals surface area contributed by atoms with Crippen LogP contribution < -0.4 is 5.32 Å². The van der Waals surface area contributed by atoms with Crippen molar-refractivity contribution in [2.75, 3.05) is 12.8 Å². The highest BCUT2D eigenvalue weighted by Gasteiger charge is 2.21. The summed E-state index contributed by atoms with van der Waals surface area (Å²) in [5.74, 6) is 2.87. The summed E-state index contributed by atoms with van der Waals surface area (Å²) in [6.45, 7) is 2.11. The third kappa shape index (κ3) is 2.98. The van der Waals surface area contributed by atoms with Gasteiger partial charge in [-0.15, -0.1) is 0 Å². The molecular formula is C11H19N3OS. The van der Waals surface area contributed by atoms with Crippen LogP contribution in [0.15, 0.2) is 4.52 Å². The summed E-state index contributed by atoms with van der Waals surface area (Å²) in [5.41, 5.74) is 0. The van der Waals surface area contributed by atoms with Crippen LogP contribution in [0.3, 0.4) is 0 Å². The minimum atomic E-state index is 0.382. The third-order valence-corrected chi connectivity index (χ3v) is 4.30. The van der Waals surface area contributed by atoms with Gasteiger partial charge in [0.1, 0.15) is 0 Å². The predicted octanol–water partition coefficient (Wildman–Crippen LogP) is 2.18. The van der Waals surface area contributed by atoms with Crippen molar-refractivity contribution in [3.8, 4) is 0 Å².